The molecule has 0 aliphatic rings. The van der Waals surface area contributed by atoms with Gasteiger partial charge in [0.05, 0.1) is 5.56 Å². The van der Waals surface area contributed by atoms with Crippen molar-refractivity contribution in [1.29, 1.82) is 5.26 Å². The Hall–Kier alpha value is -1.33. The highest BCUT2D eigenvalue weighted by atomic mass is 32.1. The van der Waals surface area contributed by atoms with Crippen LogP contribution in [0.3, 0.4) is 0 Å². The summed E-state index contributed by atoms with van der Waals surface area (Å²) in [5.41, 5.74) is 3.22. The number of nitriles is 1. The highest BCUT2D eigenvalue weighted by molar-refractivity contribution is 7.17. The van der Waals surface area contributed by atoms with Gasteiger partial charge in [0.1, 0.15) is 6.07 Å². The summed E-state index contributed by atoms with van der Waals surface area (Å²) in [6.45, 7) is 4.13. The lowest BCUT2D eigenvalue weighted by atomic mass is 10.0. The molecule has 1 nitrogen and oxygen atoms in total. The SMILES string of the molecule is CCc1csc2ccc(C)c(C#N)c12. The number of nitrogens with zero attached hydrogens (tertiary/aromatic N) is 1. The van der Waals surface area contributed by atoms with Gasteiger partial charge < -0.3 is 0 Å². The number of thiophene rings is 1. The number of benzene rings is 1. The Morgan fingerprint density at radius 2 is 2.21 bits per heavy atom. The maximum absolute atomic E-state index is 9.11. The van der Waals surface area contributed by atoms with Gasteiger partial charge in [-0.05, 0) is 35.9 Å². The molecule has 1 aromatic heterocycles. The molecule has 0 amide bonds. The van der Waals surface area contributed by atoms with Crippen LogP contribution in [0.25, 0.3) is 10.1 Å². The topological polar surface area (TPSA) is 23.8 Å². The van der Waals surface area contributed by atoms with E-state index in [1.165, 1.54) is 15.6 Å². The quantitative estimate of drug-likeness (QED) is 0.691. The highest BCUT2D eigenvalue weighted by Gasteiger charge is 2.09. The van der Waals surface area contributed by atoms with Crippen molar-refractivity contribution in [3.63, 3.8) is 0 Å². The van der Waals surface area contributed by atoms with Crippen molar-refractivity contribution in [3.05, 3.63) is 34.2 Å². The van der Waals surface area contributed by atoms with Gasteiger partial charge in [-0.15, -0.1) is 11.3 Å². The van der Waals surface area contributed by atoms with E-state index in [1.807, 2.05) is 13.0 Å². The number of aryl methyl sites for hydroxylation is 2. The van der Waals surface area contributed by atoms with E-state index in [9.17, 15) is 0 Å². The molecular weight excluding hydrogens is 190 g/mol. The zero-order valence-electron chi connectivity index (χ0n) is 8.29. The Bertz CT molecular complexity index is 517. The number of fused-ring (bicyclic) bond motifs is 1. The standard InChI is InChI=1S/C12H11NS/c1-3-9-7-14-11-5-4-8(2)10(6-13)12(9)11/h4-5,7H,3H2,1-2H3. The molecule has 2 aromatic rings. The first-order valence-corrected chi connectivity index (χ1v) is 5.55. The number of hydrogen-bond donors (Lipinski definition) is 0. The van der Waals surface area contributed by atoms with Crippen molar-refractivity contribution in [2.45, 2.75) is 20.3 Å². The van der Waals surface area contributed by atoms with E-state index in [-0.39, 0.29) is 0 Å². The first kappa shape index (κ1) is 9.23. The monoisotopic (exact) mass is 201 g/mol. The fraction of sp³-hybridized carbons (Fsp3) is 0.250. The van der Waals surface area contributed by atoms with Crippen LogP contribution >= 0.6 is 11.3 Å². The number of rotatable bonds is 1. The Labute approximate surface area is 87.6 Å². The predicted octanol–water partition coefficient (Wildman–Crippen LogP) is 3.64. The molecule has 2 heteroatoms. The van der Waals surface area contributed by atoms with Crippen LogP contribution in [0.5, 0.6) is 0 Å². The van der Waals surface area contributed by atoms with Gasteiger partial charge in [-0.25, -0.2) is 0 Å². The van der Waals surface area contributed by atoms with Crippen molar-refractivity contribution in [2.75, 3.05) is 0 Å². The first-order chi connectivity index (χ1) is 6.77. The van der Waals surface area contributed by atoms with Gasteiger partial charge in [-0.2, -0.15) is 5.26 Å². The van der Waals surface area contributed by atoms with Crippen LogP contribution in [0.1, 0.15) is 23.6 Å². The number of hydrogen-bond acceptors (Lipinski definition) is 2. The van der Waals surface area contributed by atoms with E-state index in [2.05, 4.69) is 24.4 Å². The Kier molecular flexibility index (Phi) is 2.26. The molecule has 1 aromatic carbocycles. The third-order valence-corrected chi connectivity index (χ3v) is 3.51. The smallest absolute Gasteiger partial charge is 0.100 e. The van der Waals surface area contributed by atoms with E-state index in [0.29, 0.717) is 0 Å². The average Bonchev–Trinajstić information content (AvgIpc) is 2.61. The Morgan fingerprint density at radius 3 is 2.86 bits per heavy atom. The van der Waals surface area contributed by atoms with Crippen molar-refractivity contribution in [2.24, 2.45) is 0 Å². The molecule has 70 valence electrons. The lowest BCUT2D eigenvalue weighted by Crippen LogP contribution is -1.85. The van der Waals surface area contributed by atoms with Gasteiger partial charge in [0.25, 0.3) is 0 Å². The van der Waals surface area contributed by atoms with Crippen LogP contribution < -0.4 is 0 Å². The summed E-state index contributed by atoms with van der Waals surface area (Å²) in [7, 11) is 0. The Morgan fingerprint density at radius 1 is 1.43 bits per heavy atom. The Balaban J connectivity index is 2.90. The second-order valence-corrected chi connectivity index (χ2v) is 4.27. The van der Waals surface area contributed by atoms with E-state index in [4.69, 9.17) is 5.26 Å². The second-order valence-electron chi connectivity index (χ2n) is 3.36. The van der Waals surface area contributed by atoms with Crippen LogP contribution in [0.15, 0.2) is 17.5 Å². The molecule has 14 heavy (non-hydrogen) atoms. The zero-order chi connectivity index (χ0) is 10.1. The molecule has 0 fully saturated rings. The summed E-state index contributed by atoms with van der Waals surface area (Å²) < 4.78 is 1.23. The van der Waals surface area contributed by atoms with Gasteiger partial charge in [-0.1, -0.05) is 13.0 Å². The summed E-state index contributed by atoms with van der Waals surface area (Å²) in [6, 6.07) is 6.44. The molecular formula is C12H11NS. The van der Waals surface area contributed by atoms with Crippen LogP contribution in [0, 0.1) is 18.3 Å². The van der Waals surface area contributed by atoms with Crippen LogP contribution in [0.2, 0.25) is 0 Å². The van der Waals surface area contributed by atoms with E-state index < -0.39 is 0 Å². The minimum absolute atomic E-state index is 0.848. The maximum atomic E-state index is 9.11. The molecule has 0 N–H and O–H groups in total. The van der Waals surface area contributed by atoms with Gasteiger partial charge in [0.15, 0.2) is 0 Å². The van der Waals surface area contributed by atoms with Crippen LogP contribution in [0.4, 0.5) is 0 Å². The molecule has 0 saturated carbocycles. The van der Waals surface area contributed by atoms with Crippen LogP contribution in [-0.2, 0) is 6.42 Å². The molecule has 0 unspecified atom stereocenters. The van der Waals surface area contributed by atoms with Crippen molar-refractivity contribution in [1.82, 2.24) is 0 Å². The van der Waals surface area contributed by atoms with Crippen molar-refractivity contribution < 1.29 is 0 Å². The summed E-state index contributed by atoms with van der Waals surface area (Å²) in [6.07, 6.45) is 0.998. The molecule has 0 radical (unpaired) electrons. The molecule has 2 rings (SSSR count). The molecule has 0 saturated heterocycles. The fourth-order valence-electron chi connectivity index (χ4n) is 1.70. The van der Waals surface area contributed by atoms with Gasteiger partial charge in [-0.3, -0.25) is 0 Å². The summed E-state index contributed by atoms with van der Waals surface area (Å²) in [5, 5.41) is 12.4. The van der Waals surface area contributed by atoms with Crippen LogP contribution in [-0.4, -0.2) is 0 Å². The van der Waals surface area contributed by atoms with Crippen molar-refractivity contribution >= 4 is 21.4 Å². The zero-order valence-corrected chi connectivity index (χ0v) is 9.11. The normalized spacial score (nSPS) is 10.4. The molecule has 1 heterocycles. The third-order valence-electron chi connectivity index (χ3n) is 2.52. The van der Waals surface area contributed by atoms with Gasteiger partial charge in [0, 0.05) is 10.1 Å². The lowest BCUT2D eigenvalue weighted by molar-refractivity contribution is 1.17. The summed E-state index contributed by atoms with van der Waals surface area (Å²) in [4.78, 5) is 0. The van der Waals surface area contributed by atoms with E-state index in [0.717, 1.165) is 17.5 Å². The maximum Gasteiger partial charge on any atom is 0.100 e. The van der Waals surface area contributed by atoms with E-state index in [1.54, 1.807) is 11.3 Å². The summed E-state index contributed by atoms with van der Waals surface area (Å²) >= 11 is 1.73. The molecule has 0 aliphatic carbocycles. The predicted molar refractivity (Wildman–Crippen MR) is 60.7 cm³/mol. The second kappa shape index (κ2) is 3.43. The van der Waals surface area contributed by atoms with Gasteiger partial charge >= 0.3 is 0 Å². The minimum Gasteiger partial charge on any atom is -0.192 e. The van der Waals surface area contributed by atoms with Gasteiger partial charge in [0.2, 0.25) is 0 Å². The highest BCUT2D eigenvalue weighted by Crippen LogP contribution is 2.30. The average molecular weight is 201 g/mol. The van der Waals surface area contributed by atoms with Crippen molar-refractivity contribution in [3.8, 4) is 6.07 Å². The minimum atomic E-state index is 0.848. The fourth-order valence-corrected chi connectivity index (χ4v) is 2.75. The molecule has 0 aliphatic heterocycles. The first-order valence-electron chi connectivity index (χ1n) is 4.67. The summed E-state index contributed by atoms with van der Waals surface area (Å²) in [5.74, 6) is 0. The molecule has 0 atom stereocenters. The largest absolute Gasteiger partial charge is 0.192 e. The van der Waals surface area contributed by atoms with E-state index >= 15 is 0 Å². The molecule has 0 spiro atoms. The lowest BCUT2D eigenvalue weighted by Gasteiger charge is -2.00. The third kappa shape index (κ3) is 1.21. The molecule has 0 bridgehead atoms.